The van der Waals surface area contributed by atoms with Crippen molar-refractivity contribution in [3.05, 3.63) is 34.6 Å². The van der Waals surface area contributed by atoms with E-state index in [1.807, 2.05) is 0 Å². The summed E-state index contributed by atoms with van der Waals surface area (Å²) >= 11 is 0. The lowest BCUT2D eigenvalue weighted by Gasteiger charge is -2.07. The number of anilines is 2. The van der Waals surface area contributed by atoms with Gasteiger partial charge in [-0.05, 0) is 12.1 Å². The first-order valence-electron chi connectivity index (χ1n) is 4.91. The zero-order valence-electron chi connectivity index (χ0n) is 9.23. The van der Waals surface area contributed by atoms with E-state index in [9.17, 15) is 4.79 Å². The second-order valence-electron chi connectivity index (χ2n) is 3.47. The van der Waals surface area contributed by atoms with E-state index < -0.39 is 0 Å². The first-order valence-corrected chi connectivity index (χ1v) is 4.91. The lowest BCUT2D eigenvalue weighted by molar-refractivity contribution is 0.415. The van der Waals surface area contributed by atoms with E-state index in [2.05, 4.69) is 9.97 Å². The standard InChI is InChI=1S/C11H12N4O2/c1-17-6-2-3-7(8(12)4-6)11-14-9(13)5-10(16)15-11/h2-5H,12H2,1H3,(H3,13,14,15,16). The van der Waals surface area contributed by atoms with E-state index in [0.717, 1.165) is 0 Å². The molecule has 0 bridgehead atoms. The van der Waals surface area contributed by atoms with Crippen molar-refractivity contribution in [1.29, 1.82) is 0 Å². The maximum atomic E-state index is 11.3. The van der Waals surface area contributed by atoms with Crippen LogP contribution in [0.3, 0.4) is 0 Å². The molecule has 1 heterocycles. The van der Waals surface area contributed by atoms with E-state index in [1.54, 1.807) is 25.3 Å². The number of ether oxygens (including phenoxy) is 1. The Balaban J connectivity index is 2.56. The summed E-state index contributed by atoms with van der Waals surface area (Å²) in [6, 6.07) is 6.31. The molecular weight excluding hydrogens is 220 g/mol. The first kappa shape index (κ1) is 11.0. The number of rotatable bonds is 2. The van der Waals surface area contributed by atoms with Crippen LogP contribution in [0.15, 0.2) is 29.1 Å². The van der Waals surface area contributed by atoms with Gasteiger partial charge in [0.25, 0.3) is 5.56 Å². The highest BCUT2D eigenvalue weighted by Gasteiger charge is 2.07. The average molecular weight is 232 g/mol. The molecule has 0 aliphatic carbocycles. The Morgan fingerprint density at radius 1 is 1.29 bits per heavy atom. The SMILES string of the molecule is COc1ccc(-c2nc(N)cc(=O)[nH]2)c(N)c1. The predicted molar refractivity (Wildman–Crippen MR) is 65.7 cm³/mol. The average Bonchev–Trinajstić information content (AvgIpc) is 2.27. The lowest BCUT2D eigenvalue weighted by atomic mass is 10.1. The third kappa shape index (κ3) is 2.20. The number of aromatic nitrogens is 2. The van der Waals surface area contributed by atoms with Gasteiger partial charge in [-0.2, -0.15) is 0 Å². The molecule has 0 aliphatic heterocycles. The molecule has 17 heavy (non-hydrogen) atoms. The summed E-state index contributed by atoms with van der Waals surface area (Å²) in [7, 11) is 1.55. The van der Waals surface area contributed by atoms with E-state index in [1.165, 1.54) is 6.07 Å². The van der Waals surface area contributed by atoms with Crippen LogP contribution in [0.2, 0.25) is 0 Å². The molecule has 0 unspecified atom stereocenters. The van der Waals surface area contributed by atoms with Gasteiger partial charge in [0.1, 0.15) is 17.4 Å². The minimum atomic E-state index is -0.317. The summed E-state index contributed by atoms with van der Waals surface area (Å²) in [5, 5.41) is 0. The fourth-order valence-electron chi connectivity index (χ4n) is 1.49. The maximum Gasteiger partial charge on any atom is 0.253 e. The van der Waals surface area contributed by atoms with E-state index in [4.69, 9.17) is 16.2 Å². The molecule has 88 valence electrons. The highest BCUT2D eigenvalue weighted by atomic mass is 16.5. The van der Waals surface area contributed by atoms with Crippen molar-refractivity contribution in [2.24, 2.45) is 0 Å². The molecule has 2 aromatic rings. The Kier molecular flexibility index (Phi) is 2.70. The van der Waals surface area contributed by atoms with Gasteiger partial charge in [-0.3, -0.25) is 4.79 Å². The zero-order valence-corrected chi connectivity index (χ0v) is 9.23. The molecule has 1 aromatic heterocycles. The quantitative estimate of drug-likeness (QED) is 0.657. The summed E-state index contributed by atoms with van der Waals surface area (Å²) < 4.78 is 5.04. The summed E-state index contributed by atoms with van der Waals surface area (Å²) in [5.41, 5.74) is 12.1. The van der Waals surface area contributed by atoms with Crippen LogP contribution in [0.25, 0.3) is 11.4 Å². The number of hydrogen-bond acceptors (Lipinski definition) is 5. The van der Waals surface area contributed by atoms with Crippen LogP contribution < -0.4 is 21.8 Å². The van der Waals surface area contributed by atoms with Crippen molar-refractivity contribution in [2.45, 2.75) is 0 Å². The molecule has 0 atom stereocenters. The fourth-order valence-corrected chi connectivity index (χ4v) is 1.49. The molecule has 0 saturated carbocycles. The van der Waals surface area contributed by atoms with Crippen molar-refractivity contribution >= 4 is 11.5 Å². The summed E-state index contributed by atoms with van der Waals surface area (Å²) in [5.74, 6) is 1.13. The number of methoxy groups -OCH3 is 1. The third-order valence-electron chi connectivity index (χ3n) is 2.28. The summed E-state index contributed by atoms with van der Waals surface area (Å²) in [4.78, 5) is 17.9. The van der Waals surface area contributed by atoms with Crippen LogP contribution >= 0.6 is 0 Å². The van der Waals surface area contributed by atoms with Gasteiger partial charge in [-0.25, -0.2) is 4.98 Å². The number of H-pyrrole nitrogens is 1. The van der Waals surface area contributed by atoms with Crippen molar-refractivity contribution in [3.63, 3.8) is 0 Å². The molecule has 1 aromatic carbocycles. The topological polar surface area (TPSA) is 107 Å². The van der Waals surface area contributed by atoms with Gasteiger partial charge >= 0.3 is 0 Å². The monoisotopic (exact) mass is 232 g/mol. The minimum absolute atomic E-state index is 0.152. The molecular formula is C11H12N4O2. The first-order chi connectivity index (χ1) is 8.10. The zero-order chi connectivity index (χ0) is 12.4. The minimum Gasteiger partial charge on any atom is -0.497 e. The van der Waals surface area contributed by atoms with Gasteiger partial charge in [0.2, 0.25) is 0 Å². The summed E-state index contributed by atoms with van der Waals surface area (Å²) in [6.07, 6.45) is 0. The van der Waals surface area contributed by atoms with Gasteiger partial charge in [0.05, 0.1) is 7.11 Å². The Bertz CT molecular complexity index is 607. The van der Waals surface area contributed by atoms with Gasteiger partial charge in [0, 0.05) is 23.4 Å². The molecule has 0 amide bonds. The van der Waals surface area contributed by atoms with Crippen LogP contribution in [-0.2, 0) is 0 Å². The van der Waals surface area contributed by atoms with Crippen LogP contribution in [0, 0.1) is 0 Å². The molecule has 0 saturated heterocycles. The van der Waals surface area contributed by atoms with Crippen LogP contribution in [0.5, 0.6) is 5.75 Å². The number of aromatic amines is 1. The number of nitrogens with zero attached hydrogens (tertiary/aromatic N) is 1. The second kappa shape index (κ2) is 4.17. The molecule has 2 rings (SSSR count). The van der Waals surface area contributed by atoms with E-state index >= 15 is 0 Å². The smallest absolute Gasteiger partial charge is 0.253 e. The van der Waals surface area contributed by atoms with Crippen molar-refractivity contribution in [3.8, 4) is 17.1 Å². The Morgan fingerprint density at radius 2 is 2.06 bits per heavy atom. The Hall–Kier alpha value is -2.50. The van der Waals surface area contributed by atoms with Crippen LogP contribution in [0.1, 0.15) is 0 Å². The molecule has 6 nitrogen and oxygen atoms in total. The van der Waals surface area contributed by atoms with Crippen molar-refractivity contribution in [2.75, 3.05) is 18.6 Å². The predicted octanol–water partition coefficient (Wildman–Crippen LogP) is 0.610. The van der Waals surface area contributed by atoms with E-state index in [0.29, 0.717) is 22.8 Å². The third-order valence-corrected chi connectivity index (χ3v) is 2.28. The van der Waals surface area contributed by atoms with Gasteiger partial charge < -0.3 is 21.2 Å². The number of nitrogens with one attached hydrogen (secondary N) is 1. The largest absolute Gasteiger partial charge is 0.497 e. The highest BCUT2D eigenvalue weighted by molar-refractivity contribution is 5.73. The van der Waals surface area contributed by atoms with Gasteiger partial charge in [-0.1, -0.05) is 0 Å². The molecule has 6 heteroatoms. The number of hydrogen-bond donors (Lipinski definition) is 3. The molecule has 0 radical (unpaired) electrons. The number of benzene rings is 1. The van der Waals surface area contributed by atoms with Gasteiger partial charge in [-0.15, -0.1) is 0 Å². The van der Waals surface area contributed by atoms with E-state index in [-0.39, 0.29) is 11.4 Å². The van der Waals surface area contributed by atoms with Crippen molar-refractivity contribution in [1.82, 2.24) is 9.97 Å². The number of nitrogens with two attached hydrogens (primary N) is 2. The van der Waals surface area contributed by atoms with Gasteiger partial charge in [0.15, 0.2) is 0 Å². The fraction of sp³-hybridized carbons (Fsp3) is 0.0909. The lowest BCUT2D eigenvalue weighted by Crippen LogP contribution is -2.10. The second-order valence-corrected chi connectivity index (χ2v) is 3.47. The Morgan fingerprint density at radius 3 is 2.65 bits per heavy atom. The molecule has 0 spiro atoms. The molecule has 5 N–H and O–H groups in total. The van der Waals surface area contributed by atoms with Crippen LogP contribution in [0.4, 0.5) is 11.5 Å². The number of nitrogen functional groups attached to an aromatic ring is 2. The maximum absolute atomic E-state index is 11.3. The van der Waals surface area contributed by atoms with Crippen molar-refractivity contribution < 1.29 is 4.74 Å². The molecule has 0 aliphatic rings. The van der Waals surface area contributed by atoms with Crippen LogP contribution in [-0.4, -0.2) is 17.1 Å². The Labute approximate surface area is 97.2 Å². The molecule has 0 fully saturated rings. The normalized spacial score (nSPS) is 10.2. The highest BCUT2D eigenvalue weighted by Crippen LogP contribution is 2.26. The summed E-state index contributed by atoms with van der Waals surface area (Å²) in [6.45, 7) is 0.